The highest BCUT2D eigenvalue weighted by Gasteiger charge is 2.45. The van der Waals surface area contributed by atoms with Gasteiger partial charge in [-0.2, -0.15) is 0 Å². The molecule has 4 nitrogen and oxygen atoms in total. The molecule has 0 amide bonds. The summed E-state index contributed by atoms with van der Waals surface area (Å²) < 4.78 is 11.7. The summed E-state index contributed by atoms with van der Waals surface area (Å²) in [4.78, 5) is 6.60. The second kappa shape index (κ2) is 6.20. The van der Waals surface area contributed by atoms with Crippen molar-refractivity contribution >= 4 is 0 Å². The Morgan fingerprint density at radius 3 is 3.10 bits per heavy atom. The van der Waals surface area contributed by atoms with Crippen molar-refractivity contribution in [2.24, 2.45) is 5.92 Å². The monoisotopic (exact) mass is 276 g/mol. The van der Waals surface area contributed by atoms with Gasteiger partial charge in [0.15, 0.2) is 0 Å². The molecule has 110 valence electrons. The highest BCUT2D eigenvalue weighted by Crippen LogP contribution is 2.37. The third kappa shape index (κ3) is 3.37. The van der Waals surface area contributed by atoms with Crippen molar-refractivity contribution in [3.8, 4) is 0 Å². The SMILES string of the molecule is CN1CC2(CC(CCOCc3ccccn3)CCO2)C1. The van der Waals surface area contributed by atoms with Crippen LogP contribution in [-0.2, 0) is 16.1 Å². The predicted molar refractivity (Wildman–Crippen MR) is 77.4 cm³/mol. The quantitative estimate of drug-likeness (QED) is 0.771. The molecule has 2 aliphatic heterocycles. The van der Waals surface area contributed by atoms with Gasteiger partial charge in [-0.05, 0) is 44.4 Å². The van der Waals surface area contributed by atoms with Gasteiger partial charge in [-0.25, -0.2) is 0 Å². The number of hydrogen-bond acceptors (Lipinski definition) is 4. The average Bonchev–Trinajstić information content (AvgIpc) is 2.44. The Morgan fingerprint density at radius 1 is 1.45 bits per heavy atom. The molecule has 0 N–H and O–H groups in total. The highest BCUT2D eigenvalue weighted by atomic mass is 16.5. The molecule has 3 heterocycles. The third-order valence-electron chi connectivity index (χ3n) is 4.36. The molecule has 2 fully saturated rings. The molecule has 20 heavy (non-hydrogen) atoms. The zero-order valence-corrected chi connectivity index (χ0v) is 12.3. The van der Waals surface area contributed by atoms with Crippen molar-refractivity contribution < 1.29 is 9.47 Å². The van der Waals surface area contributed by atoms with Crippen LogP contribution in [0.25, 0.3) is 0 Å². The lowest BCUT2D eigenvalue weighted by molar-refractivity contribution is -0.173. The number of nitrogens with zero attached hydrogens (tertiary/aromatic N) is 2. The highest BCUT2D eigenvalue weighted by molar-refractivity contribution is 5.02. The summed E-state index contributed by atoms with van der Waals surface area (Å²) in [5.41, 5.74) is 1.18. The molecule has 1 unspecified atom stereocenters. The van der Waals surface area contributed by atoms with E-state index in [1.54, 1.807) is 0 Å². The Hall–Kier alpha value is -0.970. The third-order valence-corrected chi connectivity index (χ3v) is 4.36. The first-order valence-electron chi connectivity index (χ1n) is 7.56. The second-order valence-corrected chi connectivity index (χ2v) is 6.22. The van der Waals surface area contributed by atoms with Crippen molar-refractivity contribution in [1.29, 1.82) is 0 Å². The van der Waals surface area contributed by atoms with Crippen LogP contribution in [0.15, 0.2) is 24.4 Å². The van der Waals surface area contributed by atoms with Gasteiger partial charge < -0.3 is 14.4 Å². The van der Waals surface area contributed by atoms with Crippen molar-refractivity contribution in [2.75, 3.05) is 33.4 Å². The average molecular weight is 276 g/mol. The lowest BCUT2D eigenvalue weighted by Crippen LogP contribution is -2.63. The molecule has 1 spiro atoms. The second-order valence-electron chi connectivity index (χ2n) is 6.22. The van der Waals surface area contributed by atoms with Crippen LogP contribution < -0.4 is 0 Å². The van der Waals surface area contributed by atoms with Gasteiger partial charge in [0.25, 0.3) is 0 Å². The van der Waals surface area contributed by atoms with E-state index in [0.29, 0.717) is 6.61 Å². The first-order chi connectivity index (χ1) is 9.76. The van der Waals surface area contributed by atoms with Crippen LogP contribution in [-0.4, -0.2) is 48.8 Å². The minimum atomic E-state index is 0.165. The van der Waals surface area contributed by atoms with E-state index in [2.05, 4.69) is 16.9 Å². The molecular weight excluding hydrogens is 252 g/mol. The van der Waals surface area contributed by atoms with Gasteiger partial charge in [-0.15, -0.1) is 0 Å². The van der Waals surface area contributed by atoms with Crippen molar-refractivity contribution in [3.05, 3.63) is 30.1 Å². The minimum absolute atomic E-state index is 0.165. The van der Waals surface area contributed by atoms with Crippen LogP contribution >= 0.6 is 0 Å². The molecule has 2 aliphatic rings. The predicted octanol–water partition coefficient (Wildman–Crippen LogP) is 2.10. The van der Waals surface area contributed by atoms with Gasteiger partial charge in [0.05, 0.1) is 17.9 Å². The largest absolute Gasteiger partial charge is 0.375 e. The number of ether oxygens (including phenoxy) is 2. The van der Waals surface area contributed by atoms with E-state index in [9.17, 15) is 0 Å². The maximum Gasteiger partial charge on any atom is 0.0937 e. The first-order valence-corrected chi connectivity index (χ1v) is 7.56. The number of rotatable bonds is 5. The van der Waals surface area contributed by atoms with Crippen LogP contribution in [0.2, 0.25) is 0 Å². The summed E-state index contributed by atoms with van der Waals surface area (Å²) in [6.45, 7) is 4.56. The first kappa shape index (κ1) is 14.0. The summed E-state index contributed by atoms with van der Waals surface area (Å²) in [5, 5.41) is 0. The fourth-order valence-electron chi connectivity index (χ4n) is 3.44. The van der Waals surface area contributed by atoms with Crippen LogP contribution in [0, 0.1) is 5.92 Å². The summed E-state index contributed by atoms with van der Waals surface area (Å²) in [6.07, 6.45) is 5.33. The van der Waals surface area contributed by atoms with E-state index < -0.39 is 0 Å². The molecule has 0 aromatic carbocycles. The molecule has 1 aromatic heterocycles. The van der Waals surface area contributed by atoms with E-state index in [1.165, 1.54) is 12.8 Å². The van der Waals surface area contributed by atoms with Gasteiger partial charge in [0.1, 0.15) is 0 Å². The maximum absolute atomic E-state index is 5.99. The van der Waals surface area contributed by atoms with E-state index in [1.807, 2.05) is 24.4 Å². The Morgan fingerprint density at radius 2 is 2.35 bits per heavy atom. The van der Waals surface area contributed by atoms with Crippen LogP contribution in [0.1, 0.15) is 25.0 Å². The smallest absolute Gasteiger partial charge is 0.0937 e. The van der Waals surface area contributed by atoms with Gasteiger partial charge in [0, 0.05) is 32.5 Å². The molecular formula is C16H24N2O2. The van der Waals surface area contributed by atoms with Gasteiger partial charge in [0.2, 0.25) is 0 Å². The molecule has 1 atom stereocenters. The molecule has 2 saturated heterocycles. The van der Waals surface area contributed by atoms with Crippen molar-refractivity contribution in [2.45, 2.75) is 31.5 Å². The number of pyridine rings is 1. The Kier molecular flexibility index (Phi) is 4.34. The van der Waals surface area contributed by atoms with E-state index in [4.69, 9.17) is 9.47 Å². The summed E-state index contributed by atoms with van der Waals surface area (Å²) in [6, 6.07) is 5.94. The minimum Gasteiger partial charge on any atom is -0.375 e. The summed E-state index contributed by atoms with van der Waals surface area (Å²) in [7, 11) is 2.16. The Bertz CT molecular complexity index is 412. The molecule has 3 rings (SSSR count). The fourth-order valence-corrected chi connectivity index (χ4v) is 3.44. The van der Waals surface area contributed by atoms with Crippen LogP contribution in [0.4, 0.5) is 0 Å². The number of aromatic nitrogens is 1. The maximum atomic E-state index is 5.99. The molecule has 1 aromatic rings. The van der Waals surface area contributed by atoms with E-state index in [-0.39, 0.29) is 5.60 Å². The Balaban J connectivity index is 1.36. The normalized spacial score (nSPS) is 25.6. The summed E-state index contributed by atoms with van der Waals surface area (Å²) in [5.74, 6) is 0.751. The summed E-state index contributed by atoms with van der Waals surface area (Å²) >= 11 is 0. The molecule has 0 radical (unpaired) electrons. The van der Waals surface area contributed by atoms with Gasteiger partial charge in [-0.1, -0.05) is 6.07 Å². The van der Waals surface area contributed by atoms with Crippen LogP contribution in [0.5, 0.6) is 0 Å². The fraction of sp³-hybridized carbons (Fsp3) is 0.688. The molecule has 0 aliphatic carbocycles. The number of likely N-dealkylation sites (tertiary alicyclic amines) is 1. The van der Waals surface area contributed by atoms with Crippen molar-refractivity contribution in [1.82, 2.24) is 9.88 Å². The number of hydrogen-bond donors (Lipinski definition) is 0. The Labute approximate surface area is 121 Å². The lowest BCUT2D eigenvalue weighted by Gasteiger charge is -2.52. The standard InChI is InChI=1S/C16H24N2O2/c1-18-12-16(13-18)10-14(6-9-20-16)5-8-19-11-15-4-2-3-7-17-15/h2-4,7,14H,5-6,8-13H2,1H3. The van der Waals surface area contributed by atoms with E-state index >= 15 is 0 Å². The lowest BCUT2D eigenvalue weighted by atomic mass is 9.79. The topological polar surface area (TPSA) is 34.6 Å². The van der Waals surface area contributed by atoms with Gasteiger partial charge >= 0.3 is 0 Å². The zero-order valence-electron chi connectivity index (χ0n) is 12.3. The van der Waals surface area contributed by atoms with Crippen LogP contribution in [0.3, 0.4) is 0 Å². The van der Waals surface area contributed by atoms with E-state index in [0.717, 1.165) is 44.3 Å². The van der Waals surface area contributed by atoms with Crippen molar-refractivity contribution in [3.63, 3.8) is 0 Å². The zero-order chi connectivity index (χ0) is 13.8. The van der Waals surface area contributed by atoms with Gasteiger partial charge in [-0.3, -0.25) is 4.98 Å². The molecule has 4 heteroatoms. The molecule has 0 bridgehead atoms. The number of likely N-dealkylation sites (N-methyl/N-ethyl adjacent to an activating group) is 1. The molecule has 0 saturated carbocycles.